The van der Waals surface area contributed by atoms with Crippen LogP contribution in [0.4, 0.5) is 23.7 Å². The standard InChI is InChI=1S/C26H25F3N2O4/c27-26(28,29)15-9-10-22(30)20(13-15)24(33)23(32)11-12-31-25(34)35-14-21-18-7-3-1-5-16(18)17-6-2-4-8-19(17)21/h1-10,13,21,23-24,32-33H,11-12,14,30H2,(H,31,34). The molecule has 0 saturated carbocycles. The minimum Gasteiger partial charge on any atom is -0.449 e. The summed E-state index contributed by atoms with van der Waals surface area (Å²) in [5.41, 5.74) is 8.74. The van der Waals surface area contributed by atoms with E-state index >= 15 is 0 Å². The summed E-state index contributed by atoms with van der Waals surface area (Å²) in [6.45, 7) is 0.0551. The fourth-order valence-corrected chi connectivity index (χ4v) is 4.34. The zero-order valence-corrected chi connectivity index (χ0v) is 18.6. The lowest BCUT2D eigenvalue weighted by Crippen LogP contribution is -2.31. The minimum atomic E-state index is -4.61. The number of halogens is 3. The van der Waals surface area contributed by atoms with Crippen LogP contribution in [0.25, 0.3) is 11.1 Å². The predicted molar refractivity (Wildman–Crippen MR) is 125 cm³/mol. The normalized spacial score (nSPS) is 14.7. The van der Waals surface area contributed by atoms with Gasteiger partial charge in [-0.25, -0.2) is 4.79 Å². The third-order valence-corrected chi connectivity index (χ3v) is 6.15. The first-order chi connectivity index (χ1) is 16.7. The van der Waals surface area contributed by atoms with E-state index in [1.54, 1.807) is 0 Å². The number of nitrogens with two attached hydrogens (primary N) is 1. The Bertz CT molecular complexity index is 1170. The molecule has 0 aromatic heterocycles. The van der Waals surface area contributed by atoms with Gasteiger partial charge in [0.25, 0.3) is 0 Å². The number of aliphatic hydroxyl groups is 2. The number of benzene rings is 3. The van der Waals surface area contributed by atoms with E-state index in [1.165, 1.54) is 0 Å². The van der Waals surface area contributed by atoms with Crippen molar-refractivity contribution in [2.75, 3.05) is 18.9 Å². The maximum atomic E-state index is 13.0. The quantitative estimate of drug-likeness (QED) is 0.365. The van der Waals surface area contributed by atoms with E-state index in [9.17, 15) is 28.2 Å². The monoisotopic (exact) mass is 486 g/mol. The van der Waals surface area contributed by atoms with Crippen molar-refractivity contribution in [1.29, 1.82) is 0 Å². The summed E-state index contributed by atoms with van der Waals surface area (Å²) in [5.74, 6) is -0.107. The Morgan fingerprint density at radius 3 is 2.20 bits per heavy atom. The number of nitrogen functional groups attached to an aromatic ring is 1. The number of fused-ring (bicyclic) bond motifs is 3. The highest BCUT2D eigenvalue weighted by atomic mass is 19.4. The minimum absolute atomic E-state index is 0.0617. The van der Waals surface area contributed by atoms with Crippen molar-refractivity contribution in [3.05, 3.63) is 89.0 Å². The molecule has 5 N–H and O–H groups in total. The molecule has 6 nitrogen and oxygen atoms in total. The number of amides is 1. The summed E-state index contributed by atoms with van der Waals surface area (Å²) in [6, 6.07) is 18.4. The Labute approximate surface area is 200 Å². The van der Waals surface area contributed by atoms with Gasteiger partial charge in [0.05, 0.1) is 11.7 Å². The van der Waals surface area contributed by atoms with Gasteiger partial charge in [-0.3, -0.25) is 0 Å². The van der Waals surface area contributed by atoms with Crippen LogP contribution in [-0.2, 0) is 10.9 Å². The SMILES string of the molecule is Nc1ccc(C(F)(F)F)cc1C(O)C(O)CCNC(=O)OCC1c2ccccc2-c2ccccc21. The molecule has 3 aromatic carbocycles. The smallest absolute Gasteiger partial charge is 0.416 e. The van der Waals surface area contributed by atoms with Gasteiger partial charge in [-0.1, -0.05) is 48.5 Å². The van der Waals surface area contributed by atoms with Crippen LogP contribution in [0.3, 0.4) is 0 Å². The Hall–Kier alpha value is -3.56. The second-order valence-corrected chi connectivity index (χ2v) is 8.39. The molecule has 184 valence electrons. The van der Waals surface area contributed by atoms with Crippen molar-refractivity contribution < 1.29 is 32.9 Å². The first kappa shape index (κ1) is 24.6. The summed E-state index contributed by atoms with van der Waals surface area (Å²) in [4.78, 5) is 12.2. The zero-order chi connectivity index (χ0) is 25.2. The Balaban J connectivity index is 1.30. The summed E-state index contributed by atoms with van der Waals surface area (Å²) < 4.78 is 44.3. The number of alkyl carbamates (subject to hydrolysis) is 1. The lowest BCUT2D eigenvalue weighted by molar-refractivity contribution is -0.137. The van der Waals surface area contributed by atoms with Crippen LogP contribution in [0.1, 0.15) is 40.7 Å². The number of carbonyl (C=O) groups excluding carboxylic acids is 1. The van der Waals surface area contributed by atoms with Crippen LogP contribution in [-0.4, -0.2) is 35.6 Å². The first-order valence-corrected chi connectivity index (χ1v) is 11.1. The van der Waals surface area contributed by atoms with Gasteiger partial charge in [0, 0.05) is 23.7 Å². The van der Waals surface area contributed by atoms with Gasteiger partial charge in [-0.2, -0.15) is 13.2 Å². The number of hydrogen-bond acceptors (Lipinski definition) is 5. The van der Waals surface area contributed by atoms with Crippen molar-refractivity contribution in [2.45, 2.75) is 30.7 Å². The van der Waals surface area contributed by atoms with Crippen molar-refractivity contribution in [1.82, 2.24) is 5.32 Å². The summed E-state index contributed by atoms with van der Waals surface area (Å²) in [6.07, 6.45) is -8.54. The van der Waals surface area contributed by atoms with E-state index in [0.29, 0.717) is 6.07 Å². The molecule has 0 spiro atoms. The maximum absolute atomic E-state index is 13.0. The molecule has 0 radical (unpaired) electrons. The number of alkyl halides is 3. The fourth-order valence-electron chi connectivity index (χ4n) is 4.34. The van der Waals surface area contributed by atoms with Crippen molar-refractivity contribution >= 4 is 11.8 Å². The summed E-state index contributed by atoms with van der Waals surface area (Å²) >= 11 is 0. The number of carbonyl (C=O) groups is 1. The van der Waals surface area contributed by atoms with Gasteiger partial charge in [0.1, 0.15) is 12.7 Å². The highest BCUT2D eigenvalue weighted by molar-refractivity contribution is 5.79. The molecule has 0 fully saturated rings. The number of nitrogens with one attached hydrogen (secondary N) is 1. The average Bonchev–Trinajstić information content (AvgIpc) is 3.15. The molecular formula is C26H25F3N2O4. The molecular weight excluding hydrogens is 461 g/mol. The van der Waals surface area contributed by atoms with Crippen LogP contribution < -0.4 is 11.1 Å². The first-order valence-electron chi connectivity index (χ1n) is 11.1. The number of hydrogen-bond donors (Lipinski definition) is 4. The number of anilines is 1. The Morgan fingerprint density at radius 1 is 1.00 bits per heavy atom. The number of ether oxygens (including phenoxy) is 1. The Morgan fingerprint density at radius 2 is 1.60 bits per heavy atom. The number of rotatable bonds is 7. The molecule has 1 amide bonds. The van der Waals surface area contributed by atoms with Gasteiger partial charge in [0.15, 0.2) is 0 Å². The number of aliphatic hydroxyl groups excluding tert-OH is 2. The zero-order valence-electron chi connectivity index (χ0n) is 18.6. The predicted octanol–water partition coefficient (Wildman–Crippen LogP) is 4.61. The van der Waals surface area contributed by atoms with E-state index in [1.807, 2.05) is 48.5 Å². The van der Waals surface area contributed by atoms with Crippen LogP contribution in [0.5, 0.6) is 0 Å². The van der Waals surface area contributed by atoms with Crippen molar-refractivity contribution in [2.24, 2.45) is 0 Å². The lowest BCUT2D eigenvalue weighted by Gasteiger charge is -2.21. The highest BCUT2D eigenvalue weighted by Gasteiger charge is 2.32. The molecule has 2 unspecified atom stereocenters. The fraction of sp³-hybridized carbons (Fsp3) is 0.269. The van der Waals surface area contributed by atoms with Crippen LogP contribution >= 0.6 is 0 Å². The molecule has 0 aliphatic heterocycles. The van der Waals surface area contributed by atoms with Gasteiger partial charge in [-0.15, -0.1) is 0 Å². The van der Waals surface area contributed by atoms with Gasteiger partial charge in [-0.05, 0) is 46.9 Å². The third kappa shape index (κ3) is 5.26. The topological polar surface area (TPSA) is 105 Å². The van der Waals surface area contributed by atoms with E-state index in [0.717, 1.165) is 34.4 Å². The third-order valence-electron chi connectivity index (χ3n) is 6.15. The second kappa shape index (κ2) is 9.97. The average molecular weight is 486 g/mol. The van der Waals surface area contributed by atoms with Gasteiger partial charge >= 0.3 is 12.3 Å². The molecule has 3 aromatic rings. The van der Waals surface area contributed by atoms with E-state index in [4.69, 9.17) is 10.5 Å². The Kier molecular flexibility index (Phi) is 7.00. The highest BCUT2D eigenvalue weighted by Crippen LogP contribution is 2.44. The van der Waals surface area contributed by atoms with Gasteiger partial charge < -0.3 is 26.0 Å². The van der Waals surface area contributed by atoms with Crippen molar-refractivity contribution in [3.8, 4) is 11.1 Å². The molecule has 1 aliphatic carbocycles. The molecule has 0 heterocycles. The summed E-state index contributed by atoms with van der Waals surface area (Å²) in [5, 5.41) is 23.1. The van der Waals surface area contributed by atoms with Crippen molar-refractivity contribution in [3.63, 3.8) is 0 Å². The molecule has 1 aliphatic rings. The van der Waals surface area contributed by atoms with E-state index < -0.39 is 30.0 Å². The maximum Gasteiger partial charge on any atom is 0.416 e. The van der Waals surface area contributed by atoms with Crippen LogP contribution in [0.15, 0.2) is 66.7 Å². The summed E-state index contributed by atoms with van der Waals surface area (Å²) in [7, 11) is 0. The second-order valence-electron chi connectivity index (χ2n) is 8.39. The van der Waals surface area contributed by atoms with Gasteiger partial charge in [0.2, 0.25) is 0 Å². The molecule has 0 saturated heterocycles. The molecule has 35 heavy (non-hydrogen) atoms. The lowest BCUT2D eigenvalue weighted by atomic mass is 9.98. The van der Waals surface area contributed by atoms with Crippen LogP contribution in [0.2, 0.25) is 0 Å². The van der Waals surface area contributed by atoms with E-state index in [-0.39, 0.29) is 36.7 Å². The largest absolute Gasteiger partial charge is 0.449 e. The van der Waals surface area contributed by atoms with E-state index in [2.05, 4.69) is 5.32 Å². The molecule has 2 atom stereocenters. The van der Waals surface area contributed by atoms with Crippen LogP contribution in [0, 0.1) is 0 Å². The molecule has 0 bridgehead atoms. The molecule has 4 rings (SSSR count). The molecule has 9 heteroatoms.